The minimum Gasteiger partial charge on any atom is -0.352 e. The molecule has 3 aliphatic rings. The van der Waals surface area contributed by atoms with E-state index in [2.05, 4.69) is 5.32 Å². The number of nitrogens with zero attached hydrogens (tertiary/aromatic N) is 1. The minimum absolute atomic E-state index is 0.0115. The number of carbonyl (C=O) groups excluding carboxylic acids is 2. The molecule has 2 saturated heterocycles. The van der Waals surface area contributed by atoms with Crippen LogP contribution < -0.4 is 5.32 Å². The molecule has 26 heavy (non-hydrogen) atoms. The van der Waals surface area contributed by atoms with Crippen LogP contribution in [0.2, 0.25) is 0 Å². The van der Waals surface area contributed by atoms with Crippen molar-refractivity contribution >= 4 is 11.8 Å². The summed E-state index contributed by atoms with van der Waals surface area (Å²) in [6, 6.07) is 8.01. The number of rotatable bonds is 4. The van der Waals surface area contributed by atoms with E-state index >= 15 is 0 Å². The predicted molar refractivity (Wildman–Crippen MR) is 95.1 cm³/mol. The van der Waals surface area contributed by atoms with Gasteiger partial charge in [-0.25, -0.2) is 0 Å². The summed E-state index contributed by atoms with van der Waals surface area (Å²) in [6.45, 7) is 5.12. The molecule has 2 atom stereocenters. The average molecular weight is 358 g/mol. The second-order valence-corrected chi connectivity index (χ2v) is 7.53. The number of aryl methyl sites for hydroxylation is 1. The van der Waals surface area contributed by atoms with E-state index < -0.39 is 5.79 Å². The van der Waals surface area contributed by atoms with Crippen molar-refractivity contribution in [3.8, 4) is 0 Å². The highest BCUT2D eigenvalue weighted by molar-refractivity contribution is 5.92. The standard InChI is InChI=1S/C20H26N2O4/c1-14-4-2-3-5-15(14)13-21-18(23)16-12-17(16)19(24)22-8-6-20(7-9-22)25-10-11-26-20/h2-5,16-17H,6-13H2,1H3,(H,21,23). The normalized spacial score (nSPS) is 26.7. The number of hydrogen-bond acceptors (Lipinski definition) is 4. The highest BCUT2D eigenvalue weighted by atomic mass is 16.7. The first-order valence-electron chi connectivity index (χ1n) is 9.47. The van der Waals surface area contributed by atoms with Crippen LogP contribution in [-0.2, 0) is 25.6 Å². The zero-order valence-electron chi connectivity index (χ0n) is 15.2. The largest absolute Gasteiger partial charge is 0.352 e. The molecule has 6 nitrogen and oxygen atoms in total. The summed E-state index contributed by atoms with van der Waals surface area (Å²) in [7, 11) is 0. The van der Waals surface area contributed by atoms with Crippen LogP contribution in [0.25, 0.3) is 0 Å². The van der Waals surface area contributed by atoms with Gasteiger partial charge in [0.2, 0.25) is 11.8 Å². The molecule has 140 valence electrons. The van der Waals surface area contributed by atoms with Crippen molar-refractivity contribution in [3.05, 3.63) is 35.4 Å². The molecule has 2 heterocycles. The molecule has 4 rings (SSSR count). The van der Waals surface area contributed by atoms with Gasteiger partial charge in [-0.15, -0.1) is 0 Å². The van der Waals surface area contributed by atoms with Gasteiger partial charge in [-0.05, 0) is 24.5 Å². The van der Waals surface area contributed by atoms with Crippen molar-refractivity contribution in [2.24, 2.45) is 11.8 Å². The summed E-state index contributed by atoms with van der Waals surface area (Å²) in [5.41, 5.74) is 2.28. The molecule has 0 radical (unpaired) electrons. The number of likely N-dealkylation sites (tertiary alicyclic amines) is 1. The number of piperidine rings is 1. The maximum absolute atomic E-state index is 12.7. The smallest absolute Gasteiger partial charge is 0.226 e. The maximum Gasteiger partial charge on any atom is 0.226 e. The molecule has 0 bridgehead atoms. The summed E-state index contributed by atoms with van der Waals surface area (Å²) in [6.07, 6.45) is 2.10. The molecule has 6 heteroatoms. The Morgan fingerprint density at radius 2 is 1.85 bits per heavy atom. The molecule has 1 aliphatic carbocycles. The first-order chi connectivity index (χ1) is 12.6. The van der Waals surface area contributed by atoms with E-state index in [4.69, 9.17) is 9.47 Å². The van der Waals surface area contributed by atoms with Crippen molar-refractivity contribution < 1.29 is 19.1 Å². The van der Waals surface area contributed by atoms with Crippen LogP contribution in [0.15, 0.2) is 24.3 Å². The van der Waals surface area contributed by atoms with Gasteiger partial charge in [-0.1, -0.05) is 24.3 Å². The third-order valence-corrected chi connectivity index (χ3v) is 5.81. The summed E-state index contributed by atoms with van der Waals surface area (Å²) < 4.78 is 11.4. The van der Waals surface area contributed by atoms with E-state index in [0.717, 1.165) is 24.0 Å². The topological polar surface area (TPSA) is 67.9 Å². The average Bonchev–Trinajstić information content (AvgIpc) is 3.34. The molecule has 1 spiro atoms. The summed E-state index contributed by atoms with van der Waals surface area (Å²) >= 11 is 0. The van der Waals surface area contributed by atoms with Gasteiger partial charge in [-0.3, -0.25) is 9.59 Å². The van der Waals surface area contributed by atoms with Crippen LogP contribution in [0.5, 0.6) is 0 Å². The Morgan fingerprint density at radius 1 is 1.15 bits per heavy atom. The van der Waals surface area contributed by atoms with E-state index in [1.54, 1.807) is 0 Å². The first kappa shape index (κ1) is 17.5. The molecular formula is C20H26N2O4. The van der Waals surface area contributed by atoms with Crippen LogP contribution in [0, 0.1) is 18.8 Å². The van der Waals surface area contributed by atoms with E-state index in [0.29, 0.717) is 39.3 Å². The highest BCUT2D eigenvalue weighted by Gasteiger charge is 2.51. The number of hydrogen-bond donors (Lipinski definition) is 1. The van der Waals surface area contributed by atoms with Crippen molar-refractivity contribution in [1.82, 2.24) is 10.2 Å². The molecule has 1 aromatic rings. The Morgan fingerprint density at radius 3 is 2.54 bits per heavy atom. The Kier molecular flexibility index (Phi) is 4.71. The fourth-order valence-electron chi connectivity index (χ4n) is 3.97. The molecule has 1 aromatic carbocycles. The predicted octanol–water partition coefficient (Wildman–Crippen LogP) is 1.61. The van der Waals surface area contributed by atoms with Crippen molar-refractivity contribution in [1.29, 1.82) is 0 Å². The number of carbonyl (C=O) groups is 2. The lowest BCUT2D eigenvalue weighted by molar-refractivity contribution is -0.187. The van der Waals surface area contributed by atoms with Gasteiger partial charge < -0.3 is 19.7 Å². The third kappa shape index (κ3) is 3.48. The zero-order chi connectivity index (χ0) is 18.1. The Balaban J connectivity index is 1.25. The molecule has 2 amide bonds. The fourth-order valence-corrected chi connectivity index (χ4v) is 3.97. The van der Waals surface area contributed by atoms with Gasteiger partial charge in [0, 0.05) is 32.5 Å². The molecule has 3 fully saturated rings. The van der Waals surface area contributed by atoms with Gasteiger partial charge in [0.05, 0.1) is 25.0 Å². The number of ether oxygens (including phenoxy) is 2. The molecule has 1 saturated carbocycles. The van der Waals surface area contributed by atoms with Crippen LogP contribution in [-0.4, -0.2) is 48.8 Å². The molecule has 2 aliphatic heterocycles. The number of nitrogens with one attached hydrogen (secondary N) is 1. The van der Waals surface area contributed by atoms with Crippen LogP contribution in [0.4, 0.5) is 0 Å². The first-order valence-corrected chi connectivity index (χ1v) is 9.47. The van der Waals surface area contributed by atoms with Crippen molar-refractivity contribution in [3.63, 3.8) is 0 Å². The molecule has 1 N–H and O–H groups in total. The Hall–Kier alpha value is -1.92. The van der Waals surface area contributed by atoms with Gasteiger partial charge in [-0.2, -0.15) is 0 Å². The van der Waals surface area contributed by atoms with Crippen molar-refractivity contribution in [2.75, 3.05) is 26.3 Å². The van der Waals surface area contributed by atoms with Gasteiger partial charge in [0.15, 0.2) is 5.79 Å². The summed E-state index contributed by atoms with van der Waals surface area (Å²) in [5.74, 6) is -0.714. The second kappa shape index (κ2) is 7.00. The fraction of sp³-hybridized carbons (Fsp3) is 0.600. The van der Waals surface area contributed by atoms with Gasteiger partial charge >= 0.3 is 0 Å². The Labute approximate surface area is 153 Å². The van der Waals surface area contributed by atoms with Crippen LogP contribution >= 0.6 is 0 Å². The van der Waals surface area contributed by atoms with Gasteiger partial charge in [0.25, 0.3) is 0 Å². The lowest BCUT2D eigenvalue weighted by Gasteiger charge is -2.37. The SMILES string of the molecule is Cc1ccccc1CNC(=O)C1CC1C(=O)N1CCC2(CC1)OCCO2. The molecule has 0 aromatic heterocycles. The van der Waals surface area contributed by atoms with Crippen LogP contribution in [0.3, 0.4) is 0 Å². The zero-order valence-corrected chi connectivity index (χ0v) is 15.2. The van der Waals surface area contributed by atoms with E-state index in [9.17, 15) is 9.59 Å². The number of benzene rings is 1. The summed E-state index contributed by atoms with van der Waals surface area (Å²) in [5, 5.41) is 2.98. The monoisotopic (exact) mass is 358 g/mol. The van der Waals surface area contributed by atoms with Crippen LogP contribution in [0.1, 0.15) is 30.4 Å². The van der Waals surface area contributed by atoms with Crippen molar-refractivity contribution in [2.45, 2.75) is 38.5 Å². The van der Waals surface area contributed by atoms with E-state index in [1.165, 1.54) is 0 Å². The Bertz CT molecular complexity index is 689. The minimum atomic E-state index is -0.468. The van der Waals surface area contributed by atoms with E-state index in [-0.39, 0.29) is 23.7 Å². The maximum atomic E-state index is 12.7. The third-order valence-electron chi connectivity index (χ3n) is 5.81. The van der Waals surface area contributed by atoms with Gasteiger partial charge in [0.1, 0.15) is 0 Å². The highest BCUT2D eigenvalue weighted by Crippen LogP contribution is 2.41. The lowest BCUT2D eigenvalue weighted by Crippen LogP contribution is -2.48. The second-order valence-electron chi connectivity index (χ2n) is 7.53. The molecular weight excluding hydrogens is 332 g/mol. The lowest BCUT2D eigenvalue weighted by atomic mass is 10.0. The quantitative estimate of drug-likeness (QED) is 0.888. The molecule has 2 unspecified atom stereocenters. The van der Waals surface area contributed by atoms with E-state index in [1.807, 2.05) is 36.1 Å². The number of amides is 2. The summed E-state index contributed by atoms with van der Waals surface area (Å²) in [4.78, 5) is 26.9.